The van der Waals surface area contributed by atoms with Crippen LogP contribution < -0.4 is 0 Å². The molecule has 0 radical (unpaired) electrons. The highest BCUT2D eigenvalue weighted by Gasteiger charge is 2.57. The number of carbonyl (C=O) groups is 1. The minimum Gasteiger partial charge on any atom is -0.442 e. The number of epoxide rings is 2. The first-order valence-corrected chi connectivity index (χ1v) is 7.65. The maximum atomic E-state index is 12.3. The van der Waals surface area contributed by atoms with Crippen LogP contribution in [0.1, 0.15) is 38.5 Å². The summed E-state index contributed by atoms with van der Waals surface area (Å²) in [5.74, 6) is -0.391. The average Bonchev–Trinajstić information content (AvgIpc) is 3.21. The maximum Gasteiger partial charge on any atom is 0.329 e. The summed E-state index contributed by atoms with van der Waals surface area (Å²) in [5.41, 5.74) is 0. The summed E-state index contributed by atoms with van der Waals surface area (Å²) in [5, 5.41) is -0.933. The smallest absolute Gasteiger partial charge is 0.329 e. The van der Waals surface area contributed by atoms with Crippen molar-refractivity contribution in [2.24, 2.45) is 0 Å². The van der Waals surface area contributed by atoms with Crippen LogP contribution in [0.15, 0.2) is 0 Å². The van der Waals surface area contributed by atoms with Gasteiger partial charge in [-0.2, -0.15) is 0 Å². The Morgan fingerprint density at radius 3 is 2.26 bits per heavy atom. The number of carbonyl (C=O) groups excluding carboxylic acids is 1. The summed E-state index contributed by atoms with van der Waals surface area (Å²) in [6.45, 7) is 0. The zero-order valence-electron chi connectivity index (χ0n) is 10.4. The van der Waals surface area contributed by atoms with Crippen LogP contribution in [-0.2, 0) is 19.0 Å². The molecule has 4 rings (SSSR count). The van der Waals surface area contributed by atoms with Crippen LogP contribution in [0.2, 0.25) is 0 Å². The quantitative estimate of drug-likeness (QED) is 0.446. The van der Waals surface area contributed by atoms with Gasteiger partial charge in [-0.3, -0.25) is 4.79 Å². The molecular weight excluding hydrogens is 291 g/mol. The molecule has 2 saturated heterocycles. The standard InChI is InChI=1S/C13H16Cl2O4/c14-12(3-1-7-9(5-12)17-7)11(16)19-13(15)4-2-8-10(6-13)18-8/h7-10H,1-6H2. The lowest BCUT2D eigenvalue weighted by Gasteiger charge is -2.34. The van der Waals surface area contributed by atoms with Crippen molar-refractivity contribution in [2.75, 3.05) is 0 Å². The lowest BCUT2D eigenvalue weighted by molar-refractivity contribution is -0.158. The summed E-state index contributed by atoms with van der Waals surface area (Å²) < 4.78 is 16.4. The van der Waals surface area contributed by atoms with Gasteiger partial charge in [0.1, 0.15) is 4.87 Å². The highest BCUT2D eigenvalue weighted by atomic mass is 35.5. The molecule has 2 heterocycles. The van der Waals surface area contributed by atoms with Gasteiger partial charge in [-0.15, -0.1) is 11.6 Å². The Kier molecular flexibility index (Phi) is 2.67. The minimum absolute atomic E-state index is 0.132. The largest absolute Gasteiger partial charge is 0.442 e. The van der Waals surface area contributed by atoms with Crippen molar-refractivity contribution in [3.8, 4) is 0 Å². The molecule has 4 aliphatic rings. The van der Waals surface area contributed by atoms with E-state index in [-0.39, 0.29) is 12.2 Å². The summed E-state index contributed by atoms with van der Waals surface area (Å²) in [6.07, 6.45) is 4.94. The monoisotopic (exact) mass is 306 g/mol. The zero-order chi connectivity index (χ0) is 13.3. The Labute approximate surface area is 121 Å². The number of rotatable bonds is 2. The number of ether oxygens (including phenoxy) is 3. The number of esters is 1. The second-order valence-corrected chi connectivity index (χ2v) is 7.56. The molecule has 19 heavy (non-hydrogen) atoms. The second kappa shape index (κ2) is 4.00. The van der Waals surface area contributed by atoms with Crippen LogP contribution in [0, 0.1) is 0 Å². The predicted octanol–water partition coefficient (Wildman–Crippen LogP) is 2.34. The number of halogens is 2. The Bertz CT molecular complexity index is 431. The molecule has 0 aromatic carbocycles. The van der Waals surface area contributed by atoms with Crippen molar-refractivity contribution in [1.29, 1.82) is 0 Å². The predicted molar refractivity (Wildman–Crippen MR) is 68.3 cm³/mol. The van der Waals surface area contributed by atoms with E-state index in [1.54, 1.807) is 0 Å². The molecule has 6 unspecified atom stereocenters. The van der Waals surface area contributed by atoms with Crippen LogP contribution in [0.5, 0.6) is 0 Å². The van der Waals surface area contributed by atoms with E-state index in [4.69, 9.17) is 37.4 Å². The molecule has 6 atom stereocenters. The minimum atomic E-state index is -0.958. The average molecular weight is 307 g/mol. The van der Waals surface area contributed by atoms with Crippen LogP contribution >= 0.6 is 23.2 Å². The maximum absolute atomic E-state index is 12.3. The van der Waals surface area contributed by atoms with Gasteiger partial charge in [-0.25, -0.2) is 0 Å². The fraction of sp³-hybridized carbons (Fsp3) is 0.923. The third-order valence-electron chi connectivity index (χ3n) is 4.67. The van der Waals surface area contributed by atoms with Gasteiger partial charge < -0.3 is 14.2 Å². The number of hydrogen-bond donors (Lipinski definition) is 0. The molecule has 0 aromatic rings. The molecule has 4 nitrogen and oxygen atoms in total. The van der Waals surface area contributed by atoms with Gasteiger partial charge in [-0.1, -0.05) is 11.6 Å². The summed E-state index contributed by atoms with van der Waals surface area (Å²) in [7, 11) is 0. The van der Waals surface area contributed by atoms with E-state index in [2.05, 4.69) is 0 Å². The fourth-order valence-corrected chi connectivity index (χ4v) is 3.94. The van der Waals surface area contributed by atoms with Crippen LogP contribution in [-0.4, -0.2) is 40.3 Å². The topological polar surface area (TPSA) is 51.4 Å². The molecule has 0 N–H and O–H groups in total. The molecule has 0 amide bonds. The third kappa shape index (κ3) is 2.27. The van der Waals surface area contributed by atoms with Gasteiger partial charge in [0.15, 0.2) is 5.06 Å². The van der Waals surface area contributed by atoms with Crippen LogP contribution in [0.25, 0.3) is 0 Å². The van der Waals surface area contributed by atoms with Gasteiger partial charge in [-0.05, 0) is 19.3 Å². The Balaban J connectivity index is 1.42. The highest BCUT2D eigenvalue weighted by Crippen LogP contribution is 2.49. The van der Waals surface area contributed by atoms with E-state index < -0.39 is 15.9 Å². The molecule has 2 aliphatic heterocycles. The summed E-state index contributed by atoms with van der Waals surface area (Å²) >= 11 is 12.8. The second-order valence-electron chi connectivity index (χ2n) is 6.15. The van der Waals surface area contributed by atoms with Gasteiger partial charge in [0.2, 0.25) is 0 Å². The molecule has 6 heteroatoms. The van der Waals surface area contributed by atoms with Gasteiger partial charge in [0, 0.05) is 19.3 Å². The van der Waals surface area contributed by atoms with Gasteiger partial charge >= 0.3 is 5.97 Å². The number of hydrogen-bond acceptors (Lipinski definition) is 4. The van der Waals surface area contributed by atoms with Gasteiger partial charge in [0.25, 0.3) is 0 Å². The normalized spacial score (nSPS) is 54.8. The molecule has 2 aliphatic carbocycles. The lowest BCUT2D eigenvalue weighted by Crippen LogP contribution is -2.44. The summed E-state index contributed by atoms with van der Waals surface area (Å²) in [4.78, 5) is 11.4. The van der Waals surface area contributed by atoms with E-state index >= 15 is 0 Å². The van der Waals surface area contributed by atoms with Crippen LogP contribution in [0.4, 0.5) is 0 Å². The molecule has 0 aromatic heterocycles. The van der Waals surface area contributed by atoms with Crippen molar-refractivity contribution in [1.82, 2.24) is 0 Å². The van der Waals surface area contributed by atoms with E-state index in [0.29, 0.717) is 37.9 Å². The SMILES string of the molecule is O=C(OC1(Cl)CCC2OC2C1)C1(Cl)CCC2OC2C1. The van der Waals surface area contributed by atoms with Crippen molar-refractivity contribution in [3.63, 3.8) is 0 Å². The molecule has 0 spiro atoms. The molecule has 106 valence electrons. The van der Waals surface area contributed by atoms with Crippen molar-refractivity contribution in [3.05, 3.63) is 0 Å². The van der Waals surface area contributed by atoms with E-state index in [1.807, 2.05) is 0 Å². The summed E-state index contributed by atoms with van der Waals surface area (Å²) in [6, 6.07) is 0. The Morgan fingerprint density at radius 1 is 1.00 bits per heavy atom. The number of fused-ring (bicyclic) bond motifs is 2. The van der Waals surface area contributed by atoms with Gasteiger partial charge in [0.05, 0.1) is 24.4 Å². The third-order valence-corrected chi connectivity index (χ3v) is 5.59. The molecule has 0 bridgehead atoms. The Hall–Kier alpha value is -0.0300. The van der Waals surface area contributed by atoms with Crippen molar-refractivity contribution < 1.29 is 19.0 Å². The first-order chi connectivity index (χ1) is 8.97. The van der Waals surface area contributed by atoms with E-state index in [9.17, 15) is 4.79 Å². The zero-order valence-corrected chi connectivity index (χ0v) is 12.0. The fourth-order valence-electron chi connectivity index (χ4n) is 3.31. The highest BCUT2D eigenvalue weighted by molar-refractivity contribution is 6.34. The van der Waals surface area contributed by atoms with Crippen molar-refractivity contribution in [2.45, 2.75) is 72.9 Å². The molecule has 2 saturated carbocycles. The van der Waals surface area contributed by atoms with E-state index in [1.165, 1.54) is 0 Å². The first kappa shape index (κ1) is 12.7. The molecular formula is C13H16Cl2O4. The van der Waals surface area contributed by atoms with Crippen molar-refractivity contribution >= 4 is 29.2 Å². The lowest BCUT2D eigenvalue weighted by atomic mass is 9.88. The number of alkyl halides is 2. The molecule has 4 fully saturated rings. The first-order valence-electron chi connectivity index (χ1n) is 6.90. The van der Waals surface area contributed by atoms with Crippen LogP contribution in [0.3, 0.4) is 0 Å². The Morgan fingerprint density at radius 2 is 1.63 bits per heavy atom. The van der Waals surface area contributed by atoms with E-state index in [0.717, 1.165) is 12.8 Å².